The Hall–Kier alpha value is -3.82. The number of carbonyl (C=O) groups excluding carboxylic acids is 1. The fourth-order valence-electron chi connectivity index (χ4n) is 4.65. The van der Waals surface area contributed by atoms with E-state index in [1.54, 1.807) is 19.3 Å². The Balaban J connectivity index is 1.52. The molecule has 38 heavy (non-hydrogen) atoms. The monoisotopic (exact) mass is 528 g/mol. The number of ether oxygens (including phenoxy) is 2. The summed E-state index contributed by atoms with van der Waals surface area (Å²) in [5, 5.41) is 0. The molecule has 0 N–H and O–H groups in total. The van der Waals surface area contributed by atoms with E-state index in [1.165, 1.54) is 17.0 Å². The standard InChI is InChI=1S/C28H31F3N4O3/c1-4-19-18-34(27(36)22-11-10-21(37-5-2)16-24(22)28(29,30)31)14-15-35(19)20-9-12-25(33-17-20)23-8-7-13-32-26(23)38-6-3/h7-13,16-17,19H,4-6,14-15,18H2,1-3H3/t19-/m1/s1. The number of benzene rings is 1. The first-order valence-electron chi connectivity index (χ1n) is 12.7. The number of alkyl halides is 3. The van der Waals surface area contributed by atoms with Gasteiger partial charge in [-0.2, -0.15) is 13.2 Å². The third-order valence-corrected chi connectivity index (χ3v) is 6.49. The number of hydrogen-bond acceptors (Lipinski definition) is 6. The quantitative estimate of drug-likeness (QED) is 0.374. The van der Waals surface area contributed by atoms with Crippen LogP contribution in [0, 0.1) is 0 Å². The lowest BCUT2D eigenvalue weighted by molar-refractivity contribution is -0.138. The highest BCUT2D eigenvalue weighted by Gasteiger charge is 2.38. The summed E-state index contributed by atoms with van der Waals surface area (Å²) in [6.07, 6.45) is -0.529. The van der Waals surface area contributed by atoms with Gasteiger partial charge < -0.3 is 19.3 Å². The molecule has 7 nitrogen and oxygen atoms in total. The summed E-state index contributed by atoms with van der Waals surface area (Å²) in [6.45, 7) is 7.37. The van der Waals surface area contributed by atoms with Crippen molar-refractivity contribution in [2.75, 3.05) is 37.7 Å². The minimum Gasteiger partial charge on any atom is -0.494 e. The van der Waals surface area contributed by atoms with Crippen LogP contribution in [0.4, 0.5) is 18.9 Å². The SMILES string of the molecule is CCOc1ccc(C(=O)N2CCN(c3ccc(-c4cccnc4OCC)nc3)[C@H](CC)C2)c(C(F)(F)F)c1. The number of piperazine rings is 1. The Morgan fingerprint density at radius 2 is 1.82 bits per heavy atom. The molecule has 1 aliphatic rings. The zero-order valence-corrected chi connectivity index (χ0v) is 21.7. The van der Waals surface area contributed by atoms with Gasteiger partial charge in [-0.05, 0) is 62.7 Å². The summed E-state index contributed by atoms with van der Waals surface area (Å²) in [6, 6.07) is 11.0. The second-order valence-corrected chi connectivity index (χ2v) is 8.84. The van der Waals surface area contributed by atoms with Crippen LogP contribution in [-0.4, -0.2) is 59.7 Å². The first-order chi connectivity index (χ1) is 18.3. The van der Waals surface area contributed by atoms with E-state index in [1.807, 2.05) is 38.1 Å². The van der Waals surface area contributed by atoms with Crippen LogP contribution >= 0.6 is 0 Å². The molecule has 0 radical (unpaired) electrons. The number of anilines is 1. The van der Waals surface area contributed by atoms with Gasteiger partial charge in [0.25, 0.3) is 5.91 Å². The van der Waals surface area contributed by atoms with E-state index in [2.05, 4.69) is 14.9 Å². The minimum atomic E-state index is -4.67. The van der Waals surface area contributed by atoms with Crippen molar-refractivity contribution in [1.82, 2.24) is 14.9 Å². The first kappa shape index (κ1) is 27.2. The van der Waals surface area contributed by atoms with Crippen LogP contribution in [0.2, 0.25) is 0 Å². The van der Waals surface area contributed by atoms with E-state index in [9.17, 15) is 18.0 Å². The van der Waals surface area contributed by atoms with Gasteiger partial charge in [0.15, 0.2) is 0 Å². The average molecular weight is 529 g/mol. The average Bonchev–Trinajstić information content (AvgIpc) is 2.92. The fourth-order valence-corrected chi connectivity index (χ4v) is 4.65. The lowest BCUT2D eigenvalue weighted by Crippen LogP contribution is -2.55. The number of amides is 1. The zero-order valence-electron chi connectivity index (χ0n) is 21.7. The van der Waals surface area contributed by atoms with Crippen LogP contribution in [0.5, 0.6) is 11.6 Å². The number of nitrogens with zero attached hydrogens (tertiary/aromatic N) is 4. The normalized spacial score (nSPS) is 15.9. The molecule has 0 aliphatic carbocycles. The van der Waals surface area contributed by atoms with E-state index in [0.29, 0.717) is 38.5 Å². The molecule has 4 rings (SSSR count). The van der Waals surface area contributed by atoms with Crippen molar-refractivity contribution in [2.24, 2.45) is 0 Å². The summed E-state index contributed by atoms with van der Waals surface area (Å²) in [7, 11) is 0. The van der Waals surface area contributed by atoms with Gasteiger partial charge in [0.05, 0.1) is 47.5 Å². The maximum absolute atomic E-state index is 13.8. The highest BCUT2D eigenvalue weighted by molar-refractivity contribution is 5.96. The van der Waals surface area contributed by atoms with Gasteiger partial charge in [0.2, 0.25) is 5.88 Å². The highest BCUT2D eigenvalue weighted by atomic mass is 19.4. The molecule has 2 aromatic heterocycles. The molecule has 0 saturated carbocycles. The molecular weight excluding hydrogens is 497 g/mol. The molecule has 202 valence electrons. The number of halogens is 3. The number of aromatic nitrogens is 2. The predicted octanol–water partition coefficient (Wildman–Crippen LogP) is 5.70. The molecule has 1 atom stereocenters. The molecule has 1 aromatic carbocycles. The molecule has 3 aromatic rings. The molecule has 1 aliphatic heterocycles. The smallest absolute Gasteiger partial charge is 0.417 e. The van der Waals surface area contributed by atoms with Crippen LogP contribution < -0.4 is 14.4 Å². The largest absolute Gasteiger partial charge is 0.494 e. The first-order valence-corrected chi connectivity index (χ1v) is 12.7. The fraction of sp³-hybridized carbons (Fsp3) is 0.393. The van der Waals surface area contributed by atoms with Crippen LogP contribution in [-0.2, 0) is 6.18 Å². The molecule has 0 bridgehead atoms. The van der Waals surface area contributed by atoms with Gasteiger partial charge in [-0.1, -0.05) is 6.92 Å². The lowest BCUT2D eigenvalue weighted by atomic mass is 10.0. The van der Waals surface area contributed by atoms with Crippen molar-refractivity contribution in [3.8, 4) is 22.9 Å². The highest BCUT2D eigenvalue weighted by Crippen LogP contribution is 2.36. The van der Waals surface area contributed by atoms with Crippen LogP contribution in [0.15, 0.2) is 54.9 Å². The van der Waals surface area contributed by atoms with Crippen molar-refractivity contribution in [3.63, 3.8) is 0 Å². The maximum atomic E-state index is 13.8. The van der Waals surface area contributed by atoms with E-state index >= 15 is 0 Å². The maximum Gasteiger partial charge on any atom is 0.417 e. The van der Waals surface area contributed by atoms with Crippen LogP contribution in [0.25, 0.3) is 11.3 Å². The number of carbonyl (C=O) groups is 1. The van der Waals surface area contributed by atoms with Gasteiger partial charge in [-0.15, -0.1) is 0 Å². The molecule has 0 spiro atoms. The lowest BCUT2D eigenvalue weighted by Gasteiger charge is -2.42. The van der Waals surface area contributed by atoms with E-state index in [0.717, 1.165) is 23.0 Å². The topological polar surface area (TPSA) is 67.8 Å². The van der Waals surface area contributed by atoms with Crippen molar-refractivity contribution in [2.45, 2.75) is 39.4 Å². The minimum absolute atomic E-state index is 0.0743. The van der Waals surface area contributed by atoms with E-state index in [-0.39, 0.29) is 24.0 Å². The number of hydrogen-bond donors (Lipinski definition) is 0. The van der Waals surface area contributed by atoms with Gasteiger partial charge in [-0.25, -0.2) is 4.98 Å². The van der Waals surface area contributed by atoms with Crippen LogP contribution in [0.3, 0.4) is 0 Å². The molecule has 1 saturated heterocycles. The molecule has 1 fully saturated rings. The third-order valence-electron chi connectivity index (χ3n) is 6.49. The Kier molecular flexibility index (Phi) is 8.38. The Morgan fingerprint density at radius 3 is 2.47 bits per heavy atom. The second kappa shape index (κ2) is 11.7. The van der Waals surface area contributed by atoms with E-state index in [4.69, 9.17) is 9.47 Å². The van der Waals surface area contributed by atoms with Crippen molar-refractivity contribution in [1.29, 1.82) is 0 Å². The van der Waals surface area contributed by atoms with Crippen LogP contribution in [0.1, 0.15) is 43.1 Å². The summed E-state index contributed by atoms with van der Waals surface area (Å²) < 4.78 is 52.2. The predicted molar refractivity (Wildman–Crippen MR) is 139 cm³/mol. The number of rotatable bonds is 8. The molecule has 10 heteroatoms. The molecule has 1 amide bonds. The summed E-state index contributed by atoms with van der Waals surface area (Å²) >= 11 is 0. The molecule has 0 unspecified atom stereocenters. The molecule has 3 heterocycles. The van der Waals surface area contributed by atoms with Gasteiger partial charge in [0, 0.05) is 31.9 Å². The summed E-state index contributed by atoms with van der Waals surface area (Å²) in [5.41, 5.74) is 1.05. The van der Waals surface area contributed by atoms with Gasteiger partial charge in [0.1, 0.15) is 5.75 Å². The number of pyridine rings is 2. The van der Waals surface area contributed by atoms with Crippen molar-refractivity contribution in [3.05, 3.63) is 66.0 Å². The van der Waals surface area contributed by atoms with Gasteiger partial charge >= 0.3 is 6.18 Å². The van der Waals surface area contributed by atoms with E-state index < -0.39 is 17.6 Å². The molecular formula is C28H31F3N4O3. The zero-order chi connectivity index (χ0) is 27.3. The third kappa shape index (κ3) is 5.84. The summed E-state index contributed by atoms with van der Waals surface area (Å²) in [4.78, 5) is 25.8. The van der Waals surface area contributed by atoms with Crippen molar-refractivity contribution < 1.29 is 27.4 Å². The summed E-state index contributed by atoms with van der Waals surface area (Å²) in [5.74, 6) is -0.0310. The Bertz CT molecular complexity index is 1250. The van der Waals surface area contributed by atoms with Gasteiger partial charge in [-0.3, -0.25) is 9.78 Å². The second-order valence-electron chi connectivity index (χ2n) is 8.84. The Labute approximate surface area is 220 Å². The Morgan fingerprint density at radius 1 is 1.03 bits per heavy atom. The van der Waals surface area contributed by atoms with Crippen molar-refractivity contribution >= 4 is 11.6 Å².